The van der Waals surface area contributed by atoms with Gasteiger partial charge in [-0.2, -0.15) is 0 Å². The van der Waals surface area contributed by atoms with E-state index in [9.17, 15) is 24.3 Å². The standard InChI is InChI=1S/C20H30FN3O8/c1-10-8-24(16(27)23-13(10)25)15-19(6,21)20(7,29)12(31-15)9-30-14(26)11(2)22-17(28)32-18(3,4)5/h8,11-12,15,29H,9H2,1-7H3,(H,22,28)(H,23,25,27)/t11-,12+,15-,19-,20-/m0/s1. The van der Waals surface area contributed by atoms with Crippen molar-refractivity contribution in [2.75, 3.05) is 6.61 Å². The van der Waals surface area contributed by atoms with Crippen molar-refractivity contribution >= 4 is 12.1 Å². The highest BCUT2D eigenvalue weighted by atomic mass is 19.1. The molecular formula is C20H30FN3O8. The van der Waals surface area contributed by atoms with E-state index in [1.807, 2.05) is 4.98 Å². The van der Waals surface area contributed by atoms with Gasteiger partial charge in [-0.25, -0.2) is 18.8 Å². The Morgan fingerprint density at radius 1 is 1.38 bits per heavy atom. The average Bonchev–Trinajstić information content (AvgIpc) is 2.79. The summed E-state index contributed by atoms with van der Waals surface area (Å²) in [6.07, 6.45) is -2.64. The summed E-state index contributed by atoms with van der Waals surface area (Å²) < 4.78 is 32.1. The van der Waals surface area contributed by atoms with Gasteiger partial charge < -0.3 is 24.6 Å². The van der Waals surface area contributed by atoms with E-state index < -0.39 is 65.2 Å². The average molecular weight is 459 g/mol. The molecule has 1 aliphatic heterocycles. The third-order valence-electron chi connectivity index (χ3n) is 5.24. The number of H-pyrrole nitrogens is 1. The topological polar surface area (TPSA) is 149 Å². The van der Waals surface area contributed by atoms with Crippen molar-refractivity contribution in [3.05, 3.63) is 32.6 Å². The summed E-state index contributed by atoms with van der Waals surface area (Å²) in [6, 6.07) is -1.09. The predicted octanol–water partition coefficient (Wildman–Crippen LogP) is 0.678. The molecule has 0 saturated carbocycles. The molecule has 2 heterocycles. The van der Waals surface area contributed by atoms with Crippen molar-refractivity contribution in [1.29, 1.82) is 0 Å². The van der Waals surface area contributed by atoms with Gasteiger partial charge in [0.15, 0.2) is 11.9 Å². The summed E-state index contributed by atoms with van der Waals surface area (Å²) in [5.74, 6) is -0.865. The summed E-state index contributed by atoms with van der Waals surface area (Å²) >= 11 is 0. The first kappa shape index (κ1) is 25.5. The fraction of sp³-hybridized carbons (Fsp3) is 0.700. The van der Waals surface area contributed by atoms with Crippen LogP contribution >= 0.6 is 0 Å². The van der Waals surface area contributed by atoms with Crippen molar-refractivity contribution in [1.82, 2.24) is 14.9 Å². The van der Waals surface area contributed by atoms with Gasteiger partial charge in [-0.3, -0.25) is 14.3 Å². The Bertz CT molecular complexity index is 992. The van der Waals surface area contributed by atoms with Crippen LogP contribution in [0.3, 0.4) is 0 Å². The van der Waals surface area contributed by atoms with Crippen LogP contribution < -0.4 is 16.6 Å². The van der Waals surface area contributed by atoms with Gasteiger partial charge in [0.25, 0.3) is 5.56 Å². The number of nitrogens with one attached hydrogen (secondary N) is 2. The molecule has 12 heteroatoms. The zero-order valence-corrected chi connectivity index (χ0v) is 19.1. The lowest BCUT2D eigenvalue weighted by molar-refractivity contribution is -0.155. The van der Waals surface area contributed by atoms with E-state index in [1.54, 1.807) is 20.8 Å². The van der Waals surface area contributed by atoms with Gasteiger partial charge >= 0.3 is 17.8 Å². The number of halogens is 1. The number of carbonyl (C=O) groups excluding carboxylic acids is 2. The Kier molecular flexibility index (Phi) is 6.91. The normalized spacial score (nSPS) is 28.8. The van der Waals surface area contributed by atoms with Gasteiger partial charge in [-0.1, -0.05) is 0 Å². The number of aromatic nitrogens is 2. The number of ether oxygens (including phenoxy) is 3. The Morgan fingerprint density at radius 3 is 2.53 bits per heavy atom. The van der Waals surface area contributed by atoms with Gasteiger partial charge in [-0.05, 0) is 48.5 Å². The highest BCUT2D eigenvalue weighted by Gasteiger charge is 2.63. The molecule has 0 unspecified atom stereocenters. The fourth-order valence-electron chi connectivity index (χ4n) is 3.10. The lowest BCUT2D eigenvalue weighted by Crippen LogP contribution is -2.53. The molecule has 1 aromatic rings. The summed E-state index contributed by atoms with van der Waals surface area (Å²) in [5, 5.41) is 13.1. The molecule has 11 nitrogen and oxygen atoms in total. The van der Waals surface area contributed by atoms with Crippen LogP contribution in [0.25, 0.3) is 0 Å². The zero-order valence-electron chi connectivity index (χ0n) is 19.1. The van der Waals surface area contributed by atoms with E-state index in [1.165, 1.54) is 13.8 Å². The lowest BCUT2D eigenvalue weighted by atomic mass is 9.84. The molecule has 0 bridgehead atoms. The number of rotatable bonds is 5. The molecule has 1 aliphatic rings. The molecule has 180 valence electrons. The van der Waals surface area contributed by atoms with Crippen molar-refractivity contribution in [3.63, 3.8) is 0 Å². The lowest BCUT2D eigenvalue weighted by Gasteiger charge is -2.33. The minimum absolute atomic E-state index is 0.139. The van der Waals surface area contributed by atoms with Gasteiger partial charge in [0.2, 0.25) is 0 Å². The maximum absolute atomic E-state index is 15.6. The van der Waals surface area contributed by atoms with Gasteiger partial charge in [0, 0.05) is 11.8 Å². The quantitative estimate of drug-likeness (QED) is 0.544. The Balaban J connectivity index is 2.12. The molecule has 0 radical (unpaired) electrons. The molecule has 1 fully saturated rings. The molecule has 5 atom stereocenters. The number of carbonyl (C=O) groups is 2. The van der Waals surface area contributed by atoms with Crippen LogP contribution in [-0.4, -0.2) is 62.3 Å². The summed E-state index contributed by atoms with van der Waals surface area (Å²) in [5.41, 5.74) is -6.82. The highest BCUT2D eigenvalue weighted by molar-refractivity contribution is 5.81. The van der Waals surface area contributed by atoms with E-state index in [0.717, 1.165) is 24.6 Å². The molecule has 0 aliphatic carbocycles. The first-order chi connectivity index (χ1) is 14.5. The Morgan fingerprint density at radius 2 is 1.97 bits per heavy atom. The monoisotopic (exact) mass is 459 g/mol. The number of nitrogens with zero attached hydrogens (tertiary/aromatic N) is 1. The summed E-state index contributed by atoms with van der Waals surface area (Å²) in [7, 11) is 0. The molecule has 1 saturated heterocycles. The van der Waals surface area contributed by atoms with Crippen LogP contribution in [0.5, 0.6) is 0 Å². The number of alkyl carbamates (subject to hydrolysis) is 1. The number of alkyl halides is 1. The molecule has 1 amide bonds. The predicted molar refractivity (Wildman–Crippen MR) is 110 cm³/mol. The Hall–Kier alpha value is -2.73. The van der Waals surface area contributed by atoms with E-state index in [2.05, 4.69) is 5.32 Å². The van der Waals surface area contributed by atoms with Gasteiger partial charge in [0.05, 0.1) is 0 Å². The third-order valence-corrected chi connectivity index (χ3v) is 5.24. The number of amides is 1. The zero-order chi connectivity index (χ0) is 24.6. The smallest absolute Gasteiger partial charge is 0.408 e. The third kappa shape index (κ3) is 5.18. The minimum Gasteiger partial charge on any atom is -0.461 e. The number of hydrogen-bond donors (Lipinski definition) is 3. The highest BCUT2D eigenvalue weighted by Crippen LogP contribution is 2.47. The van der Waals surface area contributed by atoms with Crippen LogP contribution in [0.1, 0.15) is 53.3 Å². The molecule has 0 aromatic carbocycles. The number of aromatic amines is 1. The number of aryl methyl sites for hydroxylation is 1. The van der Waals surface area contributed by atoms with Crippen molar-refractivity contribution in [3.8, 4) is 0 Å². The summed E-state index contributed by atoms with van der Waals surface area (Å²) in [4.78, 5) is 49.9. The second-order valence-corrected chi connectivity index (χ2v) is 9.18. The van der Waals surface area contributed by atoms with Crippen molar-refractivity contribution < 1.29 is 33.3 Å². The molecule has 1 aromatic heterocycles. The maximum Gasteiger partial charge on any atom is 0.408 e. The number of hydrogen-bond acceptors (Lipinski definition) is 8. The maximum atomic E-state index is 15.6. The van der Waals surface area contributed by atoms with Crippen LogP contribution in [0.2, 0.25) is 0 Å². The number of esters is 1. The van der Waals surface area contributed by atoms with Crippen molar-refractivity contribution in [2.24, 2.45) is 0 Å². The molecule has 2 rings (SSSR count). The first-order valence-electron chi connectivity index (χ1n) is 10.0. The van der Waals surface area contributed by atoms with Crippen LogP contribution in [0.4, 0.5) is 9.18 Å². The minimum atomic E-state index is -2.49. The van der Waals surface area contributed by atoms with E-state index >= 15 is 4.39 Å². The SMILES string of the molecule is Cc1cn([C@H]2O[C@H](COC(=O)[C@H](C)NC(=O)OC(C)(C)C)[C@](C)(O)[C@@]2(C)F)c(=O)[nH]c1=O. The second-order valence-electron chi connectivity index (χ2n) is 9.18. The van der Waals surface area contributed by atoms with Crippen LogP contribution in [0, 0.1) is 6.92 Å². The molecule has 32 heavy (non-hydrogen) atoms. The van der Waals surface area contributed by atoms with Gasteiger partial charge in [0.1, 0.15) is 30.0 Å². The summed E-state index contributed by atoms with van der Waals surface area (Å²) in [6.45, 7) is 9.41. The fourth-order valence-corrected chi connectivity index (χ4v) is 3.10. The van der Waals surface area contributed by atoms with Gasteiger partial charge in [-0.15, -0.1) is 0 Å². The van der Waals surface area contributed by atoms with Crippen molar-refractivity contribution in [2.45, 2.75) is 83.7 Å². The molecule has 3 N–H and O–H groups in total. The Labute approximate surface area is 183 Å². The van der Waals surface area contributed by atoms with Crippen LogP contribution in [-0.2, 0) is 19.0 Å². The first-order valence-corrected chi connectivity index (χ1v) is 10.0. The van der Waals surface area contributed by atoms with Crippen LogP contribution in [0.15, 0.2) is 15.8 Å². The number of aliphatic hydroxyl groups is 1. The van der Waals surface area contributed by atoms with E-state index in [0.29, 0.717) is 0 Å². The van der Waals surface area contributed by atoms with E-state index in [-0.39, 0.29) is 5.56 Å². The largest absolute Gasteiger partial charge is 0.461 e. The molecular weight excluding hydrogens is 429 g/mol. The second kappa shape index (κ2) is 8.66. The molecule has 0 spiro atoms. The van der Waals surface area contributed by atoms with E-state index in [4.69, 9.17) is 14.2 Å².